The molecule has 2 saturated carbocycles. The molecule has 2 aliphatic rings. The Hall–Kier alpha value is -0.0900. The number of hydrogen-bond donors (Lipinski definition) is 0. The first-order valence-corrected chi connectivity index (χ1v) is 9.81. The molecule has 2 rings (SSSR count). The summed E-state index contributed by atoms with van der Waals surface area (Å²) < 4.78 is 27.4. The van der Waals surface area contributed by atoms with E-state index in [1.165, 1.54) is 38.5 Å². The third-order valence-corrected chi connectivity index (χ3v) is 7.62. The van der Waals surface area contributed by atoms with Crippen LogP contribution in [0, 0.1) is 0 Å². The molecule has 0 aliphatic heterocycles. The molecule has 0 saturated heterocycles. The Morgan fingerprint density at radius 3 is 1.40 bits per heavy atom. The van der Waals surface area contributed by atoms with Crippen molar-refractivity contribution in [1.29, 1.82) is 0 Å². The molecule has 2 aliphatic carbocycles. The van der Waals surface area contributed by atoms with Gasteiger partial charge < -0.3 is 0 Å². The van der Waals surface area contributed by atoms with Crippen LogP contribution in [0.2, 0.25) is 0 Å². The maximum atomic E-state index is 13.1. The van der Waals surface area contributed by atoms with Gasteiger partial charge in [-0.25, -0.2) is 8.42 Å². The molecule has 0 aromatic rings. The highest BCUT2D eigenvalue weighted by molar-refractivity contribution is 7.90. The highest BCUT2D eigenvalue weighted by Crippen LogP contribution is 2.35. The van der Waals surface area contributed by atoms with E-state index in [1.807, 2.05) is 25.1 Å². The minimum Gasteiger partial charge on any atom is -0.212 e. The fourth-order valence-corrected chi connectivity index (χ4v) is 5.52. The largest absolute Gasteiger partial charge is 0.219 e. The van der Waals surface area contributed by atoms with Gasteiger partial charge in [-0.2, -0.15) is 4.31 Å². The Morgan fingerprint density at radius 2 is 1.10 bits per heavy atom. The van der Waals surface area contributed by atoms with Gasteiger partial charge >= 0.3 is 0 Å². The lowest BCUT2D eigenvalue weighted by molar-refractivity contribution is 0.166. The molecule has 4 heteroatoms. The van der Waals surface area contributed by atoms with Crippen LogP contribution in [0.5, 0.6) is 0 Å². The van der Waals surface area contributed by atoms with Crippen molar-refractivity contribution in [2.45, 2.75) is 102 Å². The summed E-state index contributed by atoms with van der Waals surface area (Å²) in [6.07, 6.45) is 11.5. The first-order valence-electron chi connectivity index (χ1n) is 8.37. The van der Waals surface area contributed by atoms with Crippen molar-refractivity contribution in [3.05, 3.63) is 0 Å². The summed E-state index contributed by atoms with van der Waals surface area (Å²) in [5, 5.41) is 0. The fraction of sp³-hybridized carbons (Fsp3) is 1.00. The lowest BCUT2D eigenvalue weighted by Crippen LogP contribution is -2.54. The first kappa shape index (κ1) is 16.3. The second kappa shape index (κ2) is 6.35. The second-order valence-corrected chi connectivity index (χ2v) is 10.1. The molecule has 20 heavy (non-hydrogen) atoms. The molecule has 118 valence electrons. The van der Waals surface area contributed by atoms with Crippen LogP contribution in [0.3, 0.4) is 0 Å². The molecule has 3 nitrogen and oxygen atoms in total. The van der Waals surface area contributed by atoms with Crippen LogP contribution in [-0.2, 0) is 10.0 Å². The quantitative estimate of drug-likeness (QED) is 0.787. The van der Waals surface area contributed by atoms with Gasteiger partial charge in [0.25, 0.3) is 0 Å². The van der Waals surface area contributed by atoms with Crippen LogP contribution < -0.4 is 0 Å². The van der Waals surface area contributed by atoms with Crippen LogP contribution in [0.4, 0.5) is 0 Å². The van der Waals surface area contributed by atoms with E-state index in [1.54, 1.807) is 0 Å². The minimum atomic E-state index is -3.20. The van der Waals surface area contributed by atoms with Crippen molar-refractivity contribution in [1.82, 2.24) is 4.31 Å². The van der Waals surface area contributed by atoms with Crippen molar-refractivity contribution in [3.8, 4) is 0 Å². The first-order chi connectivity index (χ1) is 9.34. The molecule has 0 aromatic heterocycles. The SMILES string of the molecule is CC(C)(C)S(=O)(=O)N(C1CCCCC1)C1CCCCC1. The lowest BCUT2D eigenvalue weighted by atomic mass is 9.91. The molecule has 0 amide bonds. The molecule has 0 aromatic carbocycles. The van der Waals surface area contributed by atoms with Crippen molar-refractivity contribution in [2.75, 3.05) is 0 Å². The van der Waals surface area contributed by atoms with Gasteiger partial charge in [0.2, 0.25) is 10.0 Å². The van der Waals surface area contributed by atoms with E-state index >= 15 is 0 Å². The highest BCUT2D eigenvalue weighted by Gasteiger charge is 2.43. The summed E-state index contributed by atoms with van der Waals surface area (Å²) >= 11 is 0. The summed E-state index contributed by atoms with van der Waals surface area (Å²) in [5.74, 6) is 0. The van der Waals surface area contributed by atoms with Crippen molar-refractivity contribution < 1.29 is 8.42 Å². The molecular formula is C16H31NO2S. The summed E-state index contributed by atoms with van der Waals surface area (Å²) in [6, 6.07) is 0.521. The zero-order valence-corrected chi connectivity index (χ0v) is 14.2. The summed E-state index contributed by atoms with van der Waals surface area (Å²) in [7, 11) is -3.20. The van der Waals surface area contributed by atoms with Gasteiger partial charge in [0, 0.05) is 12.1 Å². The number of rotatable bonds is 3. The zero-order valence-electron chi connectivity index (χ0n) is 13.4. The smallest absolute Gasteiger partial charge is 0.212 e. The molecule has 0 spiro atoms. The molecule has 0 heterocycles. The lowest BCUT2D eigenvalue weighted by Gasteiger charge is -2.43. The Kier molecular flexibility index (Phi) is 5.17. The van der Waals surface area contributed by atoms with Crippen molar-refractivity contribution >= 4 is 10.0 Å². The standard InChI is InChI=1S/C16H31NO2S/c1-16(2,3)20(18,19)17(14-10-6-4-7-11-14)15-12-8-5-9-13-15/h14-15H,4-13H2,1-3H3. The molecule has 0 atom stereocenters. The van der Waals surface area contributed by atoms with Crippen LogP contribution in [0.15, 0.2) is 0 Å². The number of sulfonamides is 1. The van der Waals surface area contributed by atoms with Crippen LogP contribution >= 0.6 is 0 Å². The molecule has 0 radical (unpaired) electrons. The van der Waals surface area contributed by atoms with Crippen molar-refractivity contribution in [3.63, 3.8) is 0 Å². The van der Waals surface area contributed by atoms with E-state index in [0.29, 0.717) is 0 Å². The van der Waals surface area contributed by atoms with E-state index in [9.17, 15) is 8.42 Å². The zero-order chi connectivity index (χ0) is 14.8. The second-order valence-electron chi connectivity index (χ2n) is 7.53. The van der Waals surface area contributed by atoms with Gasteiger partial charge in [-0.05, 0) is 46.5 Å². The van der Waals surface area contributed by atoms with Gasteiger partial charge in [0.05, 0.1) is 4.75 Å². The van der Waals surface area contributed by atoms with Gasteiger partial charge in [-0.3, -0.25) is 0 Å². The van der Waals surface area contributed by atoms with Gasteiger partial charge in [-0.15, -0.1) is 0 Å². The predicted octanol–water partition coefficient (Wildman–Crippen LogP) is 4.08. The van der Waals surface area contributed by atoms with Crippen molar-refractivity contribution in [2.24, 2.45) is 0 Å². The maximum Gasteiger partial charge on any atom is 0.219 e. The Morgan fingerprint density at radius 1 is 0.750 bits per heavy atom. The molecule has 0 bridgehead atoms. The maximum absolute atomic E-state index is 13.1. The van der Waals surface area contributed by atoms with Crippen LogP contribution in [0.25, 0.3) is 0 Å². The monoisotopic (exact) mass is 301 g/mol. The van der Waals surface area contributed by atoms with E-state index < -0.39 is 14.8 Å². The Balaban J connectivity index is 2.27. The average molecular weight is 301 g/mol. The molecular weight excluding hydrogens is 270 g/mol. The summed E-state index contributed by atoms with van der Waals surface area (Å²) in [6.45, 7) is 5.54. The van der Waals surface area contributed by atoms with E-state index in [2.05, 4.69) is 0 Å². The number of nitrogens with zero attached hydrogens (tertiary/aromatic N) is 1. The fourth-order valence-electron chi connectivity index (χ4n) is 3.68. The summed E-state index contributed by atoms with van der Waals surface area (Å²) in [5.41, 5.74) is 0. The normalized spacial score (nSPS) is 24.2. The predicted molar refractivity (Wildman–Crippen MR) is 84.3 cm³/mol. The van der Waals surface area contributed by atoms with Gasteiger partial charge in [0.15, 0.2) is 0 Å². The molecule has 2 fully saturated rings. The van der Waals surface area contributed by atoms with Gasteiger partial charge in [0.1, 0.15) is 0 Å². The van der Waals surface area contributed by atoms with E-state index in [4.69, 9.17) is 0 Å². The Bertz CT molecular complexity index is 381. The summed E-state index contributed by atoms with van der Waals surface area (Å²) in [4.78, 5) is 0. The highest BCUT2D eigenvalue weighted by atomic mass is 32.2. The Labute approximate surface area is 125 Å². The molecule has 0 N–H and O–H groups in total. The van der Waals surface area contributed by atoms with Crippen LogP contribution in [0.1, 0.15) is 85.0 Å². The average Bonchev–Trinajstić information content (AvgIpc) is 2.40. The minimum absolute atomic E-state index is 0.260. The third kappa shape index (κ3) is 3.38. The number of hydrogen-bond acceptors (Lipinski definition) is 2. The van der Waals surface area contributed by atoms with Crippen LogP contribution in [-0.4, -0.2) is 29.6 Å². The van der Waals surface area contributed by atoms with E-state index in [0.717, 1.165) is 25.7 Å². The third-order valence-electron chi connectivity index (χ3n) is 4.92. The van der Waals surface area contributed by atoms with Gasteiger partial charge in [-0.1, -0.05) is 38.5 Å². The molecule has 0 unspecified atom stereocenters. The topological polar surface area (TPSA) is 37.4 Å². The van der Waals surface area contributed by atoms with E-state index in [-0.39, 0.29) is 12.1 Å².